The van der Waals surface area contributed by atoms with Crippen molar-refractivity contribution in [3.63, 3.8) is 0 Å². The lowest BCUT2D eigenvalue weighted by molar-refractivity contribution is -0.117. The molecular formula is C12H15BrN2O2. The summed E-state index contributed by atoms with van der Waals surface area (Å²) in [4.78, 5) is 15.7. The second-order valence-electron chi connectivity index (χ2n) is 4.03. The number of likely N-dealkylation sites (N-methyl/N-ethyl adjacent to an activating group) is 1. The van der Waals surface area contributed by atoms with Crippen molar-refractivity contribution in [3.05, 3.63) is 22.7 Å². The predicted molar refractivity (Wildman–Crippen MR) is 71.6 cm³/mol. The molecule has 1 amide bonds. The summed E-state index contributed by atoms with van der Waals surface area (Å²) in [5.74, 6) is 0.107. The van der Waals surface area contributed by atoms with Crippen LogP contribution in [0.5, 0.6) is 0 Å². The summed E-state index contributed by atoms with van der Waals surface area (Å²) in [6.45, 7) is 1.55. The highest BCUT2D eigenvalue weighted by Crippen LogP contribution is 2.34. The van der Waals surface area contributed by atoms with Gasteiger partial charge in [0.15, 0.2) is 0 Å². The SMILES string of the molecule is COCCN1C(=O)CN(C)c2ccc(Br)cc21. The van der Waals surface area contributed by atoms with E-state index in [1.54, 1.807) is 12.0 Å². The fourth-order valence-electron chi connectivity index (χ4n) is 1.97. The molecule has 0 aromatic heterocycles. The van der Waals surface area contributed by atoms with Gasteiger partial charge in [-0.2, -0.15) is 0 Å². The van der Waals surface area contributed by atoms with Gasteiger partial charge in [0.05, 0.1) is 24.5 Å². The largest absolute Gasteiger partial charge is 0.383 e. The fraction of sp³-hybridized carbons (Fsp3) is 0.417. The van der Waals surface area contributed by atoms with Crippen LogP contribution in [0.2, 0.25) is 0 Å². The Labute approximate surface area is 109 Å². The van der Waals surface area contributed by atoms with Crippen LogP contribution in [0.1, 0.15) is 0 Å². The first-order chi connectivity index (χ1) is 8.13. The highest BCUT2D eigenvalue weighted by molar-refractivity contribution is 9.10. The van der Waals surface area contributed by atoms with Crippen molar-refractivity contribution in [2.24, 2.45) is 0 Å². The third-order valence-electron chi connectivity index (χ3n) is 2.83. The van der Waals surface area contributed by atoms with E-state index < -0.39 is 0 Å². The predicted octanol–water partition coefficient (Wildman–Crippen LogP) is 1.88. The molecule has 4 nitrogen and oxygen atoms in total. The monoisotopic (exact) mass is 298 g/mol. The molecule has 1 aliphatic heterocycles. The standard InChI is InChI=1S/C12H15BrN2O2/c1-14-8-12(16)15(5-6-17-2)11-7-9(13)3-4-10(11)14/h3-4,7H,5-6,8H2,1-2H3. The molecule has 92 valence electrons. The number of rotatable bonds is 3. The van der Waals surface area contributed by atoms with Crippen molar-refractivity contribution < 1.29 is 9.53 Å². The van der Waals surface area contributed by atoms with E-state index in [9.17, 15) is 4.79 Å². The number of carbonyl (C=O) groups is 1. The molecule has 0 unspecified atom stereocenters. The summed E-state index contributed by atoms with van der Waals surface area (Å²) in [5.41, 5.74) is 2.01. The Kier molecular flexibility index (Phi) is 3.69. The maximum absolute atomic E-state index is 12.0. The Hall–Kier alpha value is -1.07. The number of fused-ring (bicyclic) bond motifs is 1. The molecule has 0 spiro atoms. The van der Waals surface area contributed by atoms with Crippen molar-refractivity contribution in [1.29, 1.82) is 0 Å². The number of nitrogens with zero attached hydrogens (tertiary/aromatic N) is 2. The number of hydrogen-bond donors (Lipinski definition) is 0. The van der Waals surface area contributed by atoms with Crippen molar-refractivity contribution >= 4 is 33.2 Å². The number of carbonyl (C=O) groups excluding carboxylic acids is 1. The third-order valence-corrected chi connectivity index (χ3v) is 3.33. The average molecular weight is 299 g/mol. The zero-order valence-electron chi connectivity index (χ0n) is 9.94. The number of halogens is 1. The minimum atomic E-state index is 0.107. The summed E-state index contributed by atoms with van der Waals surface area (Å²) in [6.07, 6.45) is 0. The normalized spacial score (nSPS) is 15.1. The minimum Gasteiger partial charge on any atom is -0.383 e. The molecule has 0 bridgehead atoms. The van der Waals surface area contributed by atoms with Crippen LogP contribution in [0.3, 0.4) is 0 Å². The van der Waals surface area contributed by atoms with Gasteiger partial charge in [0.25, 0.3) is 0 Å². The van der Waals surface area contributed by atoms with Crippen LogP contribution in [0.25, 0.3) is 0 Å². The van der Waals surface area contributed by atoms with Gasteiger partial charge in [0.2, 0.25) is 5.91 Å². The van der Waals surface area contributed by atoms with Gasteiger partial charge in [0.1, 0.15) is 0 Å². The molecule has 1 aromatic carbocycles. The first-order valence-electron chi connectivity index (χ1n) is 5.43. The molecule has 1 aromatic rings. The van der Waals surface area contributed by atoms with Gasteiger partial charge in [-0.05, 0) is 18.2 Å². The van der Waals surface area contributed by atoms with E-state index in [2.05, 4.69) is 15.9 Å². The zero-order valence-corrected chi connectivity index (χ0v) is 11.5. The summed E-state index contributed by atoms with van der Waals surface area (Å²) >= 11 is 3.44. The highest BCUT2D eigenvalue weighted by atomic mass is 79.9. The van der Waals surface area contributed by atoms with E-state index in [4.69, 9.17) is 4.74 Å². The van der Waals surface area contributed by atoms with Gasteiger partial charge >= 0.3 is 0 Å². The molecule has 1 heterocycles. The Bertz CT molecular complexity index is 437. The number of benzene rings is 1. The van der Waals surface area contributed by atoms with Gasteiger partial charge in [-0.1, -0.05) is 15.9 Å². The molecular weight excluding hydrogens is 284 g/mol. The van der Waals surface area contributed by atoms with E-state index in [1.807, 2.05) is 30.1 Å². The fourth-order valence-corrected chi connectivity index (χ4v) is 2.32. The molecule has 0 saturated carbocycles. The molecule has 0 N–H and O–H groups in total. The lowest BCUT2D eigenvalue weighted by Crippen LogP contribution is -2.45. The second kappa shape index (κ2) is 5.06. The highest BCUT2D eigenvalue weighted by Gasteiger charge is 2.26. The van der Waals surface area contributed by atoms with Crippen LogP contribution in [0, 0.1) is 0 Å². The molecule has 0 radical (unpaired) electrons. The third kappa shape index (κ3) is 2.45. The van der Waals surface area contributed by atoms with E-state index in [1.165, 1.54) is 0 Å². The second-order valence-corrected chi connectivity index (χ2v) is 4.94. The number of amides is 1. The van der Waals surface area contributed by atoms with Crippen LogP contribution < -0.4 is 9.80 Å². The lowest BCUT2D eigenvalue weighted by atomic mass is 10.1. The number of ether oxygens (including phenoxy) is 1. The van der Waals surface area contributed by atoms with Crippen molar-refractivity contribution in [1.82, 2.24) is 0 Å². The first-order valence-corrected chi connectivity index (χ1v) is 6.23. The quantitative estimate of drug-likeness (QED) is 0.854. The van der Waals surface area contributed by atoms with Gasteiger partial charge in [0, 0.05) is 25.2 Å². The van der Waals surface area contributed by atoms with Crippen LogP contribution in [-0.2, 0) is 9.53 Å². The van der Waals surface area contributed by atoms with E-state index >= 15 is 0 Å². The maximum atomic E-state index is 12.0. The Morgan fingerprint density at radius 2 is 2.18 bits per heavy atom. The molecule has 5 heteroatoms. The van der Waals surface area contributed by atoms with Crippen LogP contribution in [0.15, 0.2) is 22.7 Å². The smallest absolute Gasteiger partial charge is 0.246 e. The Morgan fingerprint density at radius 1 is 1.41 bits per heavy atom. The van der Waals surface area contributed by atoms with Gasteiger partial charge in [-0.25, -0.2) is 0 Å². The molecule has 0 aliphatic carbocycles. The van der Waals surface area contributed by atoms with Crippen LogP contribution in [0.4, 0.5) is 11.4 Å². The Balaban J connectivity index is 2.37. The van der Waals surface area contributed by atoms with E-state index in [-0.39, 0.29) is 5.91 Å². The van der Waals surface area contributed by atoms with E-state index in [0.717, 1.165) is 15.8 Å². The van der Waals surface area contributed by atoms with Gasteiger partial charge < -0.3 is 14.5 Å². The minimum absolute atomic E-state index is 0.107. The molecule has 0 fully saturated rings. The molecule has 2 rings (SSSR count). The summed E-state index contributed by atoms with van der Waals surface area (Å²) in [5, 5.41) is 0. The topological polar surface area (TPSA) is 32.8 Å². The average Bonchev–Trinajstić information content (AvgIpc) is 2.28. The van der Waals surface area contributed by atoms with Crippen molar-refractivity contribution in [3.8, 4) is 0 Å². The van der Waals surface area contributed by atoms with Crippen LogP contribution in [-0.4, -0.2) is 39.8 Å². The number of anilines is 2. The van der Waals surface area contributed by atoms with Gasteiger partial charge in [-0.15, -0.1) is 0 Å². The first kappa shape index (κ1) is 12.4. The summed E-state index contributed by atoms with van der Waals surface area (Å²) < 4.78 is 6.02. The van der Waals surface area contributed by atoms with Crippen molar-refractivity contribution in [2.75, 3.05) is 43.7 Å². The van der Waals surface area contributed by atoms with Crippen LogP contribution >= 0.6 is 15.9 Å². The van der Waals surface area contributed by atoms with E-state index in [0.29, 0.717) is 19.7 Å². The Morgan fingerprint density at radius 3 is 2.88 bits per heavy atom. The molecule has 17 heavy (non-hydrogen) atoms. The summed E-state index contributed by atoms with van der Waals surface area (Å²) in [7, 11) is 3.57. The lowest BCUT2D eigenvalue weighted by Gasteiger charge is -2.35. The maximum Gasteiger partial charge on any atom is 0.246 e. The molecule has 0 atom stereocenters. The summed E-state index contributed by atoms with van der Waals surface area (Å²) in [6, 6.07) is 5.98. The van der Waals surface area contributed by atoms with Gasteiger partial charge in [-0.3, -0.25) is 4.79 Å². The number of hydrogen-bond acceptors (Lipinski definition) is 3. The molecule has 1 aliphatic rings. The molecule has 0 saturated heterocycles. The zero-order chi connectivity index (χ0) is 12.4. The van der Waals surface area contributed by atoms with Crippen molar-refractivity contribution in [2.45, 2.75) is 0 Å². The number of methoxy groups -OCH3 is 1.